The first kappa shape index (κ1) is 16.1. The molecule has 0 fully saturated rings. The van der Waals surface area contributed by atoms with Crippen molar-refractivity contribution in [2.75, 3.05) is 11.5 Å². The molecule has 2 aromatic rings. The van der Waals surface area contributed by atoms with Crippen LogP contribution in [0.25, 0.3) is 0 Å². The second kappa shape index (κ2) is 6.04. The number of hydrogen-bond donors (Lipinski definition) is 2. The molecule has 7 nitrogen and oxygen atoms in total. The first-order valence-electron chi connectivity index (χ1n) is 7.09. The highest BCUT2D eigenvalue weighted by molar-refractivity contribution is 7.92. The lowest BCUT2D eigenvalue weighted by molar-refractivity contribution is -0.136. The highest BCUT2D eigenvalue weighted by Gasteiger charge is 2.23. The van der Waals surface area contributed by atoms with E-state index in [0.717, 1.165) is 0 Å². The maximum atomic E-state index is 12.6. The van der Waals surface area contributed by atoms with Gasteiger partial charge in [0, 0.05) is 11.8 Å². The number of fused-ring (bicyclic) bond motifs is 1. The molecule has 0 aliphatic carbocycles. The van der Waals surface area contributed by atoms with Crippen LogP contribution in [-0.2, 0) is 21.2 Å². The second-order valence-electron chi connectivity index (χ2n) is 5.34. The van der Waals surface area contributed by atoms with E-state index in [9.17, 15) is 13.2 Å². The van der Waals surface area contributed by atoms with E-state index in [4.69, 9.17) is 14.6 Å². The fourth-order valence-corrected chi connectivity index (χ4v) is 3.69. The van der Waals surface area contributed by atoms with Crippen LogP contribution in [-0.4, -0.2) is 26.3 Å². The summed E-state index contributed by atoms with van der Waals surface area (Å²) in [4.78, 5) is 10.8. The van der Waals surface area contributed by atoms with Crippen molar-refractivity contribution in [1.82, 2.24) is 0 Å². The van der Waals surface area contributed by atoms with E-state index < -0.39 is 16.0 Å². The van der Waals surface area contributed by atoms with Gasteiger partial charge in [-0.05, 0) is 36.2 Å². The molecule has 0 aromatic heterocycles. The number of carboxylic acids is 1. The summed E-state index contributed by atoms with van der Waals surface area (Å²) in [6, 6.07) is 9.23. The van der Waals surface area contributed by atoms with Crippen LogP contribution in [0.4, 0.5) is 5.69 Å². The van der Waals surface area contributed by atoms with Crippen LogP contribution in [0.1, 0.15) is 11.1 Å². The summed E-state index contributed by atoms with van der Waals surface area (Å²) in [5.74, 6) is -0.0402. The molecule has 3 rings (SSSR count). The summed E-state index contributed by atoms with van der Waals surface area (Å²) in [6.45, 7) is 1.74. The van der Waals surface area contributed by atoms with Crippen molar-refractivity contribution in [3.8, 4) is 11.5 Å². The Kier molecular flexibility index (Phi) is 4.06. The van der Waals surface area contributed by atoms with Crippen molar-refractivity contribution < 1.29 is 27.8 Å². The Morgan fingerprint density at radius 1 is 1.17 bits per heavy atom. The van der Waals surface area contributed by atoms with E-state index in [-0.39, 0.29) is 18.1 Å². The third-order valence-electron chi connectivity index (χ3n) is 3.52. The van der Waals surface area contributed by atoms with Crippen molar-refractivity contribution in [3.05, 3.63) is 47.5 Å². The number of benzene rings is 2. The summed E-state index contributed by atoms with van der Waals surface area (Å²) >= 11 is 0. The van der Waals surface area contributed by atoms with Crippen LogP contribution in [0.2, 0.25) is 0 Å². The summed E-state index contributed by atoms with van der Waals surface area (Å²) < 4.78 is 38.1. The van der Waals surface area contributed by atoms with Gasteiger partial charge in [0.25, 0.3) is 10.0 Å². The van der Waals surface area contributed by atoms with Crippen LogP contribution in [0.3, 0.4) is 0 Å². The molecule has 126 valence electrons. The smallest absolute Gasteiger partial charge is 0.307 e. The molecule has 2 N–H and O–H groups in total. The van der Waals surface area contributed by atoms with Crippen molar-refractivity contribution in [2.45, 2.75) is 18.2 Å². The van der Waals surface area contributed by atoms with Gasteiger partial charge in [0.15, 0.2) is 11.5 Å². The van der Waals surface area contributed by atoms with E-state index in [0.29, 0.717) is 28.3 Å². The van der Waals surface area contributed by atoms with Crippen molar-refractivity contribution in [2.24, 2.45) is 0 Å². The average molecular weight is 349 g/mol. The number of aryl methyl sites for hydroxylation is 1. The number of carbonyl (C=O) groups is 1. The Morgan fingerprint density at radius 3 is 2.42 bits per heavy atom. The van der Waals surface area contributed by atoms with Gasteiger partial charge in [-0.2, -0.15) is 0 Å². The molecule has 0 radical (unpaired) electrons. The predicted octanol–water partition coefficient (Wildman–Crippen LogP) is 2.15. The van der Waals surface area contributed by atoms with Crippen molar-refractivity contribution in [1.29, 1.82) is 0 Å². The fraction of sp³-hybridized carbons (Fsp3) is 0.188. The number of carboxylic acid groups (broad SMARTS) is 1. The van der Waals surface area contributed by atoms with E-state index in [1.807, 2.05) is 0 Å². The van der Waals surface area contributed by atoms with Gasteiger partial charge < -0.3 is 14.6 Å². The highest BCUT2D eigenvalue weighted by Crippen LogP contribution is 2.36. The zero-order valence-corrected chi connectivity index (χ0v) is 13.6. The van der Waals surface area contributed by atoms with Gasteiger partial charge in [-0.1, -0.05) is 12.1 Å². The van der Waals surface area contributed by atoms with Crippen LogP contribution >= 0.6 is 0 Å². The first-order valence-corrected chi connectivity index (χ1v) is 8.57. The van der Waals surface area contributed by atoms with Crippen molar-refractivity contribution in [3.63, 3.8) is 0 Å². The summed E-state index contributed by atoms with van der Waals surface area (Å²) in [6.07, 6.45) is -0.117. The minimum atomic E-state index is -3.80. The SMILES string of the molecule is Cc1cc2c(cc1S(=O)(=O)Nc1ccc(CC(=O)O)cc1)OCO2. The Hall–Kier alpha value is -2.74. The van der Waals surface area contributed by atoms with Gasteiger partial charge in [-0.3, -0.25) is 9.52 Å². The van der Waals surface area contributed by atoms with E-state index in [2.05, 4.69) is 4.72 Å². The summed E-state index contributed by atoms with van der Waals surface area (Å²) in [5, 5.41) is 8.75. The van der Waals surface area contributed by atoms with Gasteiger partial charge >= 0.3 is 5.97 Å². The first-order chi connectivity index (χ1) is 11.3. The topological polar surface area (TPSA) is 102 Å². The van der Waals surface area contributed by atoms with E-state index in [1.165, 1.54) is 18.2 Å². The second-order valence-corrected chi connectivity index (χ2v) is 6.99. The average Bonchev–Trinajstić information content (AvgIpc) is 2.94. The largest absolute Gasteiger partial charge is 0.481 e. The normalized spacial score (nSPS) is 12.9. The summed E-state index contributed by atoms with van der Waals surface area (Å²) in [7, 11) is -3.80. The Bertz CT molecular complexity index is 890. The Labute approximate surface area is 138 Å². The maximum absolute atomic E-state index is 12.6. The van der Waals surface area contributed by atoms with Crippen LogP contribution in [0, 0.1) is 6.92 Å². The molecule has 0 spiro atoms. The van der Waals surface area contributed by atoms with Gasteiger partial charge in [-0.15, -0.1) is 0 Å². The van der Waals surface area contributed by atoms with Crippen molar-refractivity contribution >= 4 is 21.7 Å². The Morgan fingerprint density at radius 2 is 1.79 bits per heavy atom. The molecular weight excluding hydrogens is 334 g/mol. The zero-order chi connectivity index (χ0) is 17.3. The lowest BCUT2D eigenvalue weighted by Crippen LogP contribution is -2.14. The molecule has 0 bridgehead atoms. The number of rotatable bonds is 5. The monoisotopic (exact) mass is 349 g/mol. The third kappa shape index (κ3) is 3.28. The van der Waals surface area contributed by atoms with Gasteiger partial charge in [0.05, 0.1) is 11.3 Å². The van der Waals surface area contributed by atoms with Crippen LogP contribution in [0.15, 0.2) is 41.3 Å². The molecule has 1 aliphatic rings. The molecule has 0 atom stereocenters. The maximum Gasteiger partial charge on any atom is 0.307 e. The molecule has 0 saturated carbocycles. The molecule has 1 heterocycles. The van der Waals surface area contributed by atoms with E-state index >= 15 is 0 Å². The molecule has 0 unspecified atom stereocenters. The predicted molar refractivity (Wildman–Crippen MR) is 85.9 cm³/mol. The van der Waals surface area contributed by atoms with Crippen LogP contribution < -0.4 is 14.2 Å². The third-order valence-corrected chi connectivity index (χ3v) is 5.04. The molecule has 0 amide bonds. The minimum absolute atomic E-state index is 0.0662. The van der Waals surface area contributed by atoms with Crippen LogP contribution in [0.5, 0.6) is 11.5 Å². The van der Waals surface area contributed by atoms with E-state index in [1.54, 1.807) is 25.1 Å². The quantitative estimate of drug-likeness (QED) is 0.857. The highest BCUT2D eigenvalue weighted by atomic mass is 32.2. The lowest BCUT2D eigenvalue weighted by Gasteiger charge is -2.11. The molecule has 8 heteroatoms. The molecule has 2 aromatic carbocycles. The summed E-state index contributed by atoms with van der Waals surface area (Å²) in [5.41, 5.74) is 1.47. The number of anilines is 1. The Balaban J connectivity index is 1.85. The fourth-order valence-electron chi connectivity index (χ4n) is 2.39. The standard InChI is InChI=1S/C16H15NO6S/c1-10-6-13-14(23-9-22-13)8-15(10)24(20,21)17-12-4-2-11(3-5-12)7-16(18)19/h2-6,8,17H,7,9H2,1H3,(H,18,19). The van der Waals surface area contributed by atoms with Gasteiger partial charge in [0.2, 0.25) is 6.79 Å². The zero-order valence-electron chi connectivity index (χ0n) is 12.8. The number of nitrogens with one attached hydrogen (secondary N) is 1. The van der Waals surface area contributed by atoms with Gasteiger partial charge in [0.1, 0.15) is 0 Å². The molecule has 1 aliphatic heterocycles. The molecule has 0 saturated heterocycles. The number of sulfonamides is 1. The van der Waals surface area contributed by atoms with Gasteiger partial charge in [-0.25, -0.2) is 8.42 Å². The molecular formula is C16H15NO6S. The molecule has 24 heavy (non-hydrogen) atoms. The number of aliphatic carboxylic acids is 1. The minimum Gasteiger partial charge on any atom is -0.481 e. The number of ether oxygens (including phenoxy) is 2. The lowest BCUT2D eigenvalue weighted by atomic mass is 10.1. The number of hydrogen-bond acceptors (Lipinski definition) is 5.